The Hall–Kier alpha value is -0.280. The van der Waals surface area contributed by atoms with E-state index in [9.17, 15) is 0 Å². The van der Waals surface area contributed by atoms with Gasteiger partial charge in [0.25, 0.3) is 0 Å². The van der Waals surface area contributed by atoms with E-state index in [0.717, 1.165) is 36.5 Å². The molecule has 0 atom stereocenters. The van der Waals surface area contributed by atoms with Gasteiger partial charge in [-0.25, -0.2) is 0 Å². The van der Waals surface area contributed by atoms with E-state index in [4.69, 9.17) is 28.9 Å². The van der Waals surface area contributed by atoms with Crippen LogP contribution in [0, 0.1) is 0 Å². The highest BCUT2D eigenvalue weighted by Gasteiger charge is 2.00. The summed E-state index contributed by atoms with van der Waals surface area (Å²) in [4.78, 5) is 0. The summed E-state index contributed by atoms with van der Waals surface area (Å²) >= 11 is 11.9. The molecule has 15 heavy (non-hydrogen) atoms. The van der Waals surface area contributed by atoms with Crippen LogP contribution in [0.1, 0.15) is 12.0 Å². The summed E-state index contributed by atoms with van der Waals surface area (Å²) in [6.07, 6.45) is 2.02. The fourth-order valence-corrected chi connectivity index (χ4v) is 1.86. The van der Waals surface area contributed by atoms with Crippen LogP contribution < -0.4 is 11.1 Å². The molecule has 0 aliphatic rings. The van der Waals surface area contributed by atoms with E-state index in [1.54, 1.807) is 6.07 Å². The molecule has 0 saturated heterocycles. The Labute approximate surface area is 101 Å². The van der Waals surface area contributed by atoms with Crippen molar-refractivity contribution in [3.8, 4) is 0 Å². The standard InChI is InChI=1S/C11H16Cl2N2/c12-10-4-3-9(11(13)8-10)2-1-6-15-7-5-14/h3-4,8,15H,1-2,5-7,14H2. The highest BCUT2D eigenvalue weighted by Crippen LogP contribution is 2.21. The Morgan fingerprint density at radius 2 is 2.00 bits per heavy atom. The summed E-state index contributed by atoms with van der Waals surface area (Å²) in [5, 5.41) is 4.68. The molecule has 0 spiro atoms. The van der Waals surface area contributed by atoms with Gasteiger partial charge in [0.2, 0.25) is 0 Å². The largest absolute Gasteiger partial charge is 0.329 e. The summed E-state index contributed by atoms with van der Waals surface area (Å²) in [5.74, 6) is 0. The Morgan fingerprint density at radius 1 is 1.20 bits per heavy atom. The molecule has 0 heterocycles. The first-order valence-corrected chi connectivity index (χ1v) is 5.84. The van der Waals surface area contributed by atoms with Crippen LogP contribution in [0.4, 0.5) is 0 Å². The normalized spacial score (nSPS) is 10.6. The molecular formula is C11H16Cl2N2. The average Bonchev–Trinajstić information content (AvgIpc) is 2.20. The highest BCUT2D eigenvalue weighted by molar-refractivity contribution is 6.35. The lowest BCUT2D eigenvalue weighted by molar-refractivity contribution is 0.653. The lowest BCUT2D eigenvalue weighted by Gasteiger charge is -2.05. The summed E-state index contributed by atoms with van der Waals surface area (Å²) in [6, 6.07) is 5.63. The Morgan fingerprint density at radius 3 is 2.67 bits per heavy atom. The number of nitrogens with two attached hydrogens (primary N) is 1. The van der Waals surface area contributed by atoms with Crippen LogP contribution >= 0.6 is 23.2 Å². The zero-order valence-corrected chi connectivity index (χ0v) is 10.1. The van der Waals surface area contributed by atoms with E-state index >= 15 is 0 Å². The minimum absolute atomic E-state index is 0.682. The molecule has 0 saturated carbocycles. The van der Waals surface area contributed by atoms with Crippen LogP contribution in [0.5, 0.6) is 0 Å². The molecule has 0 bridgehead atoms. The number of hydrogen-bond acceptors (Lipinski definition) is 2. The van der Waals surface area contributed by atoms with Crippen molar-refractivity contribution in [1.82, 2.24) is 5.32 Å². The van der Waals surface area contributed by atoms with Gasteiger partial charge in [-0.2, -0.15) is 0 Å². The van der Waals surface area contributed by atoms with E-state index < -0.39 is 0 Å². The molecule has 0 amide bonds. The maximum atomic E-state index is 6.04. The number of rotatable bonds is 6. The van der Waals surface area contributed by atoms with Crippen LogP contribution in [-0.2, 0) is 6.42 Å². The van der Waals surface area contributed by atoms with Crippen LogP contribution in [0.25, 0.3) is 0 Å². The molecule has 0 radical (unpaired) electrons. The first-order valence-electron chi connectivity index (χ1n) is 5.08. The van der Waals surface area contributed by atoms with Crippen LogP contribution in [0.2, 0.25) is 10.0 Å². The summed E-state index contributed by atoms with van der Waals surface area (Å²) in [5.41, 5.74) is 6.51. The number of benzene rings is 1. The first-order chi connectivity index (χ1) is 7.24. The zero-order chi connectivity index (χ0) is 11.1. The first kappa shape index (κ1) is 12.8. The van der Waals surface area contributed by atoms with Crippen molar-refractivity contribution in [2.75, 3.05) is 19.6 Å². The predicted molar refractivity (Wildman–Crippen MR) is 66.7 cm³/mol. The predicted octanol–water partition coefficient (Wildman–Crippen LogP) is 2.47. The maximum absolute atomic E-state index is 6.04. The van der Waals surface area contributed by atoms with E-state index in [-0.39, 0.29) is 0 Å². The molecular weight excluding hydrogens is 231 g/mol. The smallest absolute Gasteiger partial charge is 0.0452 e. The topological polar surface area (TPSA) is 38.0 Å². The fraction of sp³-hybridized carbons (Fsp3) is 0.455. The fourth-order valence-electron chi connectivity index (χ4n) is 1.36. The van der Waals surface area contributed by atoms with Gasteiger partial charge in [0.15, 0.2) is 0 Å². The van der Waals surface area contributed by atoms with Crippen LogP contribution in [-0.4, -0.2) is 19.6 Å². The molecule has 0 aromatic heterocycles. The molecule has 0 aliphatic carbocycles. The van der Waals surface area contributed by atoms with E-state index in [0.29, 0.717) is 11.6 Å². The van der Waals surface area contributed by atoms with Gasteiger partial charge in [0.05, 0.1) is 0 Å². The molecule has 1 rings (SSSR count). The molecule has 1 aromatic rings. The Balaban J connectivity index is 2.31. The maximum Gasteiger partial charge on any atom is 0.0452 e. The molecule has 3 N–H and O–H groups in total. The van der Waals surface area contributed by atoms with E-state index in [1.165, 1.54) is 0 Å². The van der Waals surface area contributed by atoms with Gasteiger partial charge >= 0.3 is 0 Å². The minimum Gasteiger partial charge on any atom is -0.329 e. The number of aryl methyl sites for hydroxylation is 1. The summed E-state index contributed by atoms with van der Waals surface area (Å²) in [6.45, 7) is 2.52. The second-order valence-corrected chi connectivity index (χ2v) is 4.22. The number of halogens is 2. The SMILES string of the molecule is NCCNCCCc1ccc(Cl)cc1Cl. The molecule has 2 nitrogen and oxygen atoms in total. The van der Waals surface area contributed by atoms with Crippen molar-refractivity contribution < 1.29 is 0 Å². The van der Waals surface area contributed by atoms with Gasteiger partial charge in [-0.05, 0) is 37.1 Å². The lowest BCUT2D eigenvalue weighted by Crippen LogP contribution is -2.23. The number of hydrogen-bond donors (Lipinski definition) is 2. The van der Waals surface area contributed by atoms with Crippen LogP contribution in [0.3, 0.4) is 0 Å². The molecule has 0 aliphatic heterocycles. The van der Waals surface area contributed by atoms with Gasteiger partial charge in [0.1, 0.15) is 0 Å². The molecule has 0 unspecified atom stereocenters. The summed E-state index contributed by atoms with van der Waals surface area (Å²) in [7, 11) is 0. The van der Waals surface area contributed by atoms with Crippen LogP contribution in [0.15, 0.2) is 18.2 Å². The van der Waals surface area contributed by atoms with Gasteiger partial charge < -0.3 is 11.1 Å². The average molecular weight is 247 g/mol. The highest BCUT2D eigenvalue weighted by atomic mass is 35.5. The van der Waals surface area contributed by atoms with Gasteiger partial charge in [-0.1, -0.05) is 29.3 Å². The minimum atomic E-state index is 0.682. The van der Waals surface area contributed by atoms with E-state index in [2.05, 4.69) is 5.32 Å². The second kappa shape index (κ2) is 7.07. The van der Waals surface area contributed by atoms with Gasteiger partial charge in [-0.3, -0.25) is 0 Å². The number of nitrogens with one attached hydrogen (secondary N) is 1. The van der Waals surface area contributed by atoms with Gasteiger partial charge in [0, 0.05) is 23.1 Å². The summed E-state index contributed by atoms with van der Waals surface area (Å²) < 4.78 is 0. The van der Waals surface area contributed by atoms with Crippen molar-refractivity contribution in [2.24, 2.45) is 5.73 Å². The molecule has 84 valence electrons. The quantitative estimate of drug-likeness (QED) is 0.758. The Bertz CT molecular complexity index is 303. The molecule has 4 heteroatoms. The third kappa shape index (κ3) is 4.85. The second-order valence-electron chi connectivity index (χ2n) is 3.38. The third-order valence-electron chi connectivity index (χ3n) is 2.14. The lowest BCUT2D eigenvalue weighted by atomic mass is 10.1. The Kier molecular flexibility index (Phi) is 6.03. The van der Waals surface area contributed by atoms with Crippen molar-refractivity contribution in [3.05, 3.63) is 33.8 Å². The van der Waals surface area contributed by atoms with Crippen molar-refractivity contribution in [1.29, 1.82) is 0 Å². The van der Waals surface area contributed by atoms with E-state index in [1.807, 2.05) is 12.1 Å². The van der Waals surface area contributed by atoms with Crippen molar-refractivity contribution in [2.45, 2.75) is 12.8 Å². The van der Waals surface area contributed by atoms with Crippen molar-refractivity contribution in [3.63, 3.8) is 0 Å². The molecule has 0 fully saturated rings. The van der Waals surface area contributed by atoms with Gasteiger partial charge in [-0.15, -0.1) is 0 Å². The zero-order valence-electron chi connectivity index (χ0n) is 8.60. The third-order valence-corrected chi connectivity index (χ3v) is 2.72. The molecule has 1 aromatic carbocycles. The monoisotopic (exact) mass is 246 g/mol. The van der Waals surface area contributed by atoms with Crippen molar-refractivity contribution >= 4 is 23.2 Å².